The maximum atomic E-state index is 10.7. The van der Waals surface area contributed by atoms with Crippen LogP contribution in [-0.4, -0.2) is 47.2 Å². The lowest BCUT2D eigenvalue weighted by Crippen LogP contribution is -2.62. The van der Waals surface area contributed by atoms with E-state index in [4.69, 9.17) is 5.11 Å². The molecule has 1 atom stereocenters. The van der Waals surface area contributed by atoms with Crippen LogP contribution in [0.4, 0.5) is 0 Å². The normalized spacial score (nSPS) is 25.6. The van der Waals surface area contributed by atoms with Gasteiger partial charge in [0.15, 0.2) is 0 Å². The lowest BCUT2D eigenvalue weighted by atomic mass is 9.97. The first-order valence-electron chi connectivity index (χ1n) is 6.15. The number of carbonyl (C=O) groups is 1. The van der Waals surface area contributed by atoms with Gasteiger partial charge < -0.3 is 10.4 Å². The van der Waals surface area contributed by atoms with E-state index in [9.17, 15) is 4.79 Å². The summed E-state index contributed by atoms with van der Waals surface area (Å²) in [6.07, 6.45) is 2.59. The molecule has 1 aliphatic rings. The smallest absolute Gasteiger partial charge is 0.304 e. The summed E-state index contributed by atoms with van der Waals surface area (Å²) in [5.41, 5.74) is 0.0199. The molecular weight excluding hydrogens is 204 g/mol. The van der Waals surface area contributed by atoms with Crippen LogP contribution in [0, 0.1) is 0 Å². The highest BCUT2D eigenvalue weighted by molar-refractivity contribution is 5.67. The molecule has 0 aromatic carbocycles. The minimum Gasteiger partial charge on any atom is -0.481 e. The van der Waals surface area contributed by atoms with Crippen LogP contribution < -0.4 is 5.32 Å². The van der Waals surface area contributed by atoms with Crippen molar-refractivity contribution in [3.8, 4) is 0 Å². The van der Waals surface area contributed by atoms with Crippen molar-refractivity contribution < 1.29 is 9.90 Å². The minimum absolute atomic E-state index is 0.0199. The van der Waals surface area contributed by atoms with Gasteiger partial charge in [0.1, 0.15) is 0 Å². The van der Waals surface area contributed by atoms with Crippen molar-refractivity contribution in [2.24, 2.45) is 0 Å². The van der Waals surface area contributed by atoms with Crippen LogP contribution in [0.2, 0.25) is 0 Å². The van der Waals surface area contributed by atoms with Crippen LogP contribution in [0.3, 0.4) is 0 Å². The Bertz CT molecular complexity index is 241. The summed E-state index contributed by atoms with van der Waals surface area (Å²) < 4.78 is 0. The van der Waals surface area contributed by atoms with E-state index in [0.29, 0.717) is 0 Å². The highest BCUT2D eigenvalue weighted by Crippen LogP contribution is 2.16. The van der Waals surface area contributed by atoms with E-state index in [2.05, 4.69) is 31.0 Å². The zero-order chi connectivity index (χ0) is 12.2. The standard InChI is InChI=1S/C12H24N2O2/c1-4-5-6-14-8-10(7-11(15)16)13-12(2,3)9-14/h10,13H,4-9H2,1-3H3,(H,15,16). The molecule has 0 aliphatic carbocycles. The molecule has 1 heterocycles. The molecule has 0 amide bonds. The third-order valence-corrected chi connectivity index (χ3v) is 2.94. The predicted octanol–water partition coefficient (Wildman–Crippen LogP) is 1.31. The first-order valence-corrected chi connectivity index (χ1v) is 6.15. The van der Waals surface area contributed by atoms with Crippen molar-refractivity contribution in [1.29, 1.82) is 0 Å². The monoisotopic (exact) mass is 228 g/mol. The zero-order valence-electron chi connectivity index (χ0n) is 10.6. The summed E-state index contributed by atoms with van der Waals surface area (Å²) in [5, 5.41) is 12.2. The van der Waals surface area contributed by atoms with E-state index >= 15 is 0 Å². The van der Waals surface area contributed by atoms with Gasteiger partial charge in [-0.15, -0.1) is 0 Å². The van der Waals surface area contributed by atoms with Crippen molar-refractivity contribution in [3.05, 3.63) is 0 Å². The second kappa shape index (κ2) is 5.64. The molecule has 0 saturated carbocycles. The fraction of sp³-hybridized carbons (Fsp3) is 0.917. The Balaban J connectivity index is 2.51. The summed E-state index contributed by atoms with van der Waals surface area (Å²) in [7, 11) is 0. The van der Waals surface area contributed by atoms with Gasteiger partial charge in [-0.1, -0.05) is 13.3 Å². The quantitative estimate of drug-likeness (QED) is 0.745. The van der Waals surface area contributed by atoms with Gasteiger partial charge in [0.2, 0.25) is 0 Å². The molecule has 0 spiro atoms. The molecule has 0 aromatic heterocycles. The summed E-state index contributed by atoms with van der Waals surface area (Å²) in [6.45, 7) is 9.40. The Kier molecular flexibility index (Phi) is 4.74. The van der Waals surface area contributed by atoms with E-state index in [1.807, 2.05) is 0 Å². The molecule has 1 saturated heterocycles. The van der Waals surface area contributed by atoms with Gasteiger partial charge in [-0.2, -0.15) is 0 Å². The lowest BCUT2D eigenvalue weighted by molar-refractivity contribution is -0.138. The van der Waals surface area contributed by atoms with Gasteiger partial charge in [-0.05, 0) is 26.8 Å². The molecule has 0 bridgehead atoms. The number of nitrogens with one attached hydrogen (secondary N) is 1. The number of piperazine rings is 1. The molecule has 0 aromatic rings. The number of hydrogen-bond acceptors (Lipinski definition) is 3. The predicted molar refractivity (Wildman–Crippen MR) is 64.6 cm³/mol. The Morgan fingerprint density at radius 2 is 2.25 bits per heavy atom. The first-order chi connectivity index (χ1) is 7.43. The number of unbranched alkanes of at least 4 members (excludes halogenated alkanes) is 1. The molecule has 0 radical (unpaired) electrons. The highest BCUT2D eigenvalue weighted by atomic mass is 16.4. The van der Waals surface area contributed by atoms with Crippen molar-refractivity contribution >= 4 is 5.97 Å². The van der Waals surface area contributed by atoms with Crippen LogP contribution in [-0.2, 0) is 4.79 Å². The summed E-state index contributed by atoms with van der Waals surface area (Å²) in [5.74, 6) is -0.717. The van der Waals surface area contributed by atoms with Gasteiger partial charge in [-0.3, -0.25) is 9.69 Å². The van der Waals surface area contributed by atoms with Crippen molar-refractivity contribution in [2.75, 3.05) is 19.6 Å². The number of nitrogens with zero attached hydrogens (tertiary/aromatic N) is 1. The van der Waals surface area contributed by atoms with Crippen molar-refractivity contribution in [2.45, 2.75) is 51.6 Å². The first kappa shape index (κ1) is 13.5. The fourth-order valence-corrected chi connectivity index (χ4v) is 2.46. The van der Waals surface area contributed by atoms with E-state index in [0.717, 1.165) is 19.6 Å². The third kappa shape index (κ3) is 4.49. The van der Waals surface area contributed by atoms with Crippen LogP contribution in [0.25, 0.3) is 0 Å². The van der Waals surface area contributed by atoms with Crippen LogP contribution >= 0.6 is 0 Å². The number of carboxylic acid groups (broad SMARTS) is 1. The molecule has 1 fully saturated rings. The van der Waals surface area contributed by atoms with Gasteiger partial charge in [0.25, 0.3) is 0 Å². The second-order valence-corrected chi connectivity index (χ2v) is 5.41. The molecule has 1 unspecified atom stereocenters. The van der Waals surface area contributed by atoms with Gasteiger partial charge in [0, 0.05) is 24.7 Å². The number of hydrogen-bond donors (Lipinski definition) is 2. The molecule has 16 heavy (non-hydrogen) atoms. The van der Waals surface area contributed by atoms with Crippen molar-refractivity contribution in [1.82, 2.24) is 10.2 Å². The Hall–Kier alpha value is -0.610. The van der Waals surface area contributed by atoms with Gasteiger partial charge >= 0.3 is 5.97 Å². The molecule has 4 nitrogen and oxygen atoms in total. The fourth-order valence-electron chi connectivity index (χ4n) is 2.46. The zero-order valence-corrected chi connectivity index (χ0v) is 10.6. The summed E-state index contributed by atoms with van der Waals surface area (Å²) in [4.78, 5) is 13.1. The Labute approximate surface area is 98.0 Å². The van der Waals surface area contributed by atoms with E-state index in [-0.39, 0.29) is 18.0 Å². The summed E-state index contributed by atoms with van der Waals surface area (Å²) in [6, 6.07) is 0.0816. The topological polar surface area (TPSA) is 52.6 Å². The summed E-state index contributed by atoms with van der Waals surface area (Å²) >= 11 is 0. The molecular formula is C12H24N2O2. The SMILES string of the molecule is CCCCN1CC(CC(=O)O)NC(C)(C)C1. The van der Waals surface area contributed by atoms with Crippen LogP contribution in [0.15, 0.2) is 0 Å². The second-order valence-electron chi connectivity index (χ2n) is 5.41. The Morgan fingerprint density at radius 3 is 2.81 bits per heavy atom. The average Bonchev–Trinajstić information content (AvgIpc) is 2.10. The van der Waals surface area contributed by atoms with Gasteiger partial charge in [-0.25, -0.2) is 0 Å². The maximum Gasteiger partial charge on any atom is 0.304 e. The average molecular weight is 228 g/mol. The third-order valence-electron chi connectivity index (χ3n) is 2.94. The van der Waals surface area contributed by atoms with E-state index in [1.54, 1.807) is 0 Å². The molecule has 1 rings (SSSR count). The number of carboxylic acids is 1. The molecule has 4 heteroatoms. The largest absolute Gasteiger partial charge is 0.481 e. The highest BCUT2D eigenvalue weighted by Gasteiger charge is 2.32. The van der Waals surface area contributed by atoms with Crippen molar-refractivity contribution in [3.63, 3.8) is 0 Å². The Morgan fingerprint density at radius 1 is 1.56 bits per heavy atom. The van der Waals surface area contributed by atoms with Gasteiger partial charge in [0.05, 0.1) is 6.42 Å². The molecule has 2 N–H and O–H groups in total. The lowest BCUT2D eigenvalue weighted by Gasteiger charge is -2.43. The number of aliphatic carboxylic acids is 1. The van der Waals surface area contributed by atoms with E-state index < -0.39 is 5.97 Å². The van der Waals surface area contributed by atoms with Crippen LogP contribution in [0.5, 0.6) is 0 Å². The maximum absolute atomic E-state index is 10.7. The van der Waals surface area contributed by atoms with Crippen LogP contribution in [0.1, 0.15) is 40.0 Å². The molecule has 1 aliphatic heterocycles. The van der Waals surface area contributed by atoms with E-state index in [1.165, 1.54) is 12.8 Å². The molecule has 94 valence electrons. The number of rotatable bonds is 5. The minimum atomic E-state index is -0.717.